The van der Waals surface area contributed by atoms with Crippen LogP contribution in [0.1, 0.15) is 63.3 Å². The Balaban J connectivity index is 2.65. The molecule has 0 heterocycles. The fourth-order valence-corrected chi connectivity index (χ4v) is 3.42. The lowest BCUT2D eigenvalue weighted by Crippen LogP contribution is -2.30. The first-order chi connectivity index (χ1) is 13.0. The first-order valence-corrected chi connectivity index (χ1v) is 9.62. The summed E-state index contributed by atoms with van der Waals surface area (Å²) in [5, 5.41) is 29.1. The van der Waals surface area contributed by atoms with Gasteiger partial charge in [0.15, 0.2) is 0 Å². The maximum absolute atomic E-state index is 11.8. The van der Waals surface area contributed by atoms with Crippen molar-refractivity contribution >= 4 is 5.97 Å². The number of carboxylic acids is 1. The Bertz CT molecular complexity index is 777. The molecule has 0 radical (unpaired) electrons. The van der Waals surface area contributed by atoms with Crippen molar-refractivity contribution in [1.82, 2.24) is 0 Å². The van der Waals surface area contributed by atoms with Crippen molar-refractivity contribution in [3.05, 3.63) is 70.8 Å². The smallest absolute Gasteiger partial charge is 0.304 e. The van der Waals surface area contributed by atoms with Gasteiger partial charge in [-0.05, 0) is 22.3 Å². The molecule has 2 aromatic rings. The van der Waals surface area contributed by atoms with Gasteiger partial charge in [0.2, 0.25) is 0 Å². The number of aliphatic hydroxyl groups excluding tert-OH is 2. The van der Waals surface area contributed by atoms with Gasteiger partial charge in [-0.15, -0.1) is 0 Å². The van der Waals surface area contributed by atoms with E-state index in [0.717, 1.165) is 22.3 Å². The van der Waals surface area contributed by atoms with Crippen LogP contribution in [0.2, 0.25) is 0 Å². The Labute approximate surface area is 167 Å². The van der Waals surface area contributed by atoms with Crippen LogP contribution < -0.4 is 0 Å². The Morgan fingerprint density at radius 3 is 1.43 bits per heavy atom. The third-order valence-electron chi connectivity index (χ3n) is 5.86. The van der Waals surface area contributed by atoms with Crippen molar-refractivity contribution in [2.24, 2.45) is 0 Å². The maximum Gasteiger partial charge on any atom is 0.304 e. The lowest BCUT2D eigenvalue weighted by molar-refractivity contribution is -0.138. The summed E-state index contributed by atoms with van der Waals surface area (Å²) >= 11 is 0. The minimum Gasteiger partial charge on any atom is -0.481 e. The second-order valence-electron chi connectivity index (χ2n) is 9.15. The molecule has 2 rings (SSSR count). The molecule has 4 nitrogen and oxygen atoms in total. The molecule has 2 aromatic carbocycles. The molecule has 4 heteroatoms. The normalized spacial score (nSPS) is 12.8. The highest BCUT2D eigenvalue weighted by Gasteiger charge is 2.34. The van der Waals surface area contributed by atoms with E-state index in [1.54, 1.807) is 0 Å². The lowest BCUT2D eigenvalue weighted by atomic mass is 9.71. The summed E-state index contributed by atoms with van der Waals surface area (Å²) in [5.41, 5.74) is 2.16. The molecule has 0 amide bonds. The molecule has 0 saturated carbocycles. The van der Waals surface area contributed by atoms with Crippen LogP contribution >= 0.6 is 0 Å². The average Bonchev–Trinajstić information content (AvgIpc) is 2.67. The highest BCUT2D eigenvalue weighted by molar-refractivity contribution is 5.70. The van der Waals surface area contributed by atoms with Crippen LogP contribution in [0.25, 0.3) is 0 Å². The minimum atomic E-state index is -0.874. The molecule has 0 atom stereocenters. The van der Waals surface area contributed by atoms with E-state index in [4.69, 9.17) is 0 Å². The third kappa shape index (κ3) is 4.45. The monoisotopic (exact) mass is 384 g/mol. The minimum absolute atomic E-state index is 0.00622. The van der Waals surface area contributed by atoms with Crippen molar-refractivity contribution in [2.75, 3.05) is 13.2 Å². The highest BCUT2D eigenvalue weighted by atomic mass is 16.4. The molecule has 0 unspecified atom stereocenters. The van der Waals surface area contributed by atoms with E-state index in [2.05, 4.69) is 0 Å². The SMILES string of the molecule is CC(C)(CO)c1cccc(C(C)(CC(=O)O)c2cccc(C(C)(C)CO)c2)c1. The second kappa shape index (κ2) is 8.06. The molecule has 0 fully saturated rings. The van der Waals surface area contributed by atoms with Crippen LogP contribution in [-0.2, 0) is 21.0 Å². The van der Waals surface area contributed by atoms with Gasteiger partial charge in [0.1, 0.15) is 0 Å². The van der Waals surface area contributed by atoms with Gasteiger partial charge in [0, 0.05) is 16.2 Å². The molecule has 0 bridgehead atoms. The van der Waals surface area contributed by atoms with E-state index in [1.807, 2.05) is 83.1 Å². The van der Waals surface area contributed by atoms with E-state index in [-0.39, 0.29) is 19.6 Å². The number of hydrogen-bond donors (Lipinski definition) is 3. The van der Waals surface area contributed by atoms with Gasteiger partial charge in [-0.1, -0.05) is 83.1 Å². The van der Waals surface area contributed by atoms with Crippen LogP contribution in [0.5, 0.6) is 0 Å². The maximum atomic E-state index is 11.8. The summed E-state index contributed by atoms with van der Waals surface area (Å²) in [6.07, 6.45) is -0.0565. The summed E-state index contributed by atoms with van der Waals surface area (Å²) in [7, 11) is 0. The Morgan fingerprint density at radius 1 is 0.750 bits per heavy atom. The molecule has 0 aliphatic carbocycles. The predicted octanol–water partition coefficient (Wildman–Crippen LogP) is 4.01. The molecular weight excluding hydrogens is 352 g/mol. The van der Waals surface area contributed by atoms with Gasteiger partial charge in [-0.3, -0.25) is 4.79 Å². The fraction of sp³-hybridized carbons (Fsp3) is 0.458. The van der Waals surface area contributed by atoms with E-state index in [0.29, 0.717) is 0 Å². The third-order valence-corrected chi connectivity index (χ3v) is 5.86. The zero-order valence-electron chi connectivity index (χ0n) is 17.5. The number of aliphatic carboxylic acids is 1. The van der Waals surface area contributed by atoms with Crippen LogP contribution in [-0.4, -0.2) is 34.5 Å². The first-order valence-electron chi connectivity index (χ1n) is 9.62. The first kappa shape index (κ1) is 22.1. The average molecular weight is 385 g/mol. The van der Waals surface area contributed by atoms with Gasteiger partial charge in [-0.25, -0.2) is 0 Å². The molecule has 0 aromatic heterocycles. The van der Waals surface area contributed by atoms with Gasteiger partial charge < -0.3 is 15.3 Å². The Morgan fingerprint density at radius 2 is 1.11 bits per heavy atom. The van der Waals surface area contributed by atoms with Gasteiger partial charge in [0.05, 0.1) is 19.6 Å². The summed E-state index contributed by atoms with van der Waals surface area (Å²) in [6, 6.07) is 15.7. The highest BCUT2D eigenvalue weighted by Crippen LogP contribution is 2.39. The molecule has 152 valence electrons. The fourth-order valence-electron chi connectivity index (χ4n) is 3.42. The van der Waals surface area contributed by atoms with Gasteiger partial charge >= 0.3 is 5.97 Å². The van der Waals surface area contributed by atoms with Crippen LogP contribution in [0, 0.1) is 0 Å². The summed E-state index contributed by atoms with van der Waals surface area (Å²) in [4.78, 5) is 11.8. The number of carboxylic acid groups (broad SMARTS) is 1. The van der Waals surface area contributed by atoms with E-state index in [1.165, 1.54) is 0 Å². The van der Waals surface area contributed by atoms with Crippen molar-refractivity contribution in [3.8, 4) is 0 Å². The molecule has 0 aliphatic rings. The molecular formula is C24H32O4. The molecule has 28 heavy (non-hydrogen) atoms. The lowest BCUT2D eigenvalue weighted by Gasteiger charge is -2.33. The van der Waals surface area contributed by atoms with Crippen molar-refractivity contribution < 1.29 is 20.1 Å². The van der Waals surface area contributed by atoms with Crippen molar-refractivity contribution in [2.45, 2.75) is 57.3 Å². The van der Waals surface area contributed by atoms with Gasteiger partial charge in [0.25, 0.3) is 0 Å². The zero-order chi connectivity index (χ0) is 21.2. The Hall–Kier alpha value is -2.17. The summed E-state index contributed by atoms with van der Waals surface area (Å²) < 4.78 is 0. The number of carbonyl (C=O) groups is 1. The van der Waals surface area contributed by atoms with E-state index in [9.17, 15) is 20.1 Å². The van der Waals surface area contributed by atoms with Crippen LogP contribution in [0.3, 0.4) is 0 Å². The van der Waals surface area contributed by atoms with Gasteiger partial charge in [-0.2, -0.15) is 0 Å². The van der Waals surface area contributed by atoms with Crippen LogP contribution in [0.15, 0.2) is 48.5 Å². The summed E-state index contributed by atoms with van der Waals surface area (Å²) in [5.74, 6) is -0.874. The topological polar surface area (TPSA) is 77.8 Å². The predicted molar refractivity (Wildman–Crippen MR) is 112 cm³/mol. The van der Waals surface area contributed by atoms with Crippen LogP contribution in [0.4, 0.5) is 0 Å². The molecule has 0 aliphatic heterocycles. The molecule has 0 saturated heterocycles. The van der Waals surface area contributed by atoms with Crippen molar-refractivity contribution in [3.63, 3.8) is 0 Å². The number of benzene rings is 2. The van der Waals surface area contributed by atoms with Crippen molar-refractivity contribution in [1.29, 1.82) is 0 Å². The largest absolute Gasteiger partial charge is 0.481 e. The summed E-state index contributed by atoms with van der Waals surface area (Å²) in [6.45, 7) is 9.81. The zero-order valence-corrected chi connectivity index (χ0v) is 17.5. The van der Waals surface area contributed by atoms with E-state index < -0.39 is 22.2 Å². The number of rotatable bonds is 8. The Kier molecular flexibility index (Phi) is 6.37. The molecule has 3 N–H and O–H groups in total. The number of hydrogen-bond acceptors (Lipinski definition) is 3. The van der Waals surface area contributed by atoms with E-state index >= 15 is 0 Å². The molecule has 0 spiro atoms. The quantitative estimate of drug-likeness (QED) is 0.643. The second-order valence-corrected chi connectivity index (χ2v) is 9.15. The standard InChI is InChI=1S/C24H32O4/c1-22(2,15-25)17-8-6-10-19(12-17)24(5,14-21(27)28)20-11-7-9-18(13-20)23(3,4)16-26/h6-13,25-26H,14-16H2,1-5H3,(H,27,28). The number of aliphatic hydroxyl groups is 2.